The van der Waals surface area contributed by atoms with Crippen LogP contribution in [0.3, 0.4) is 0 Å². The number of likely N-dealkylation sites (tertiary alicyclic amines) is 1. The molecule has 0 unspecified atom stereocenters. The maximum atomic E-state index is 13.5. The fourth-order valence-electron chi connectivity index (χ4n) is 4.98. The molecule has 2 aliphatic rings. The highest BCUT2D eigenvalue weighted by Crippen LogP contribution is 2.36. The summed E-state index contributed by atoms with van der Waals surface area (Å²) in [5, 5.41) is -0.658. The summed E-state index contributed by atoms with van der Waals surface area (Å²) in [4.78, 5) is 22.5. The van der Waals surface area contributed by atoms with Crippen LogP contribution in [-0.4, -0.2) is 83.1 Å². The molecule has 2 aliphatic heterocycles. The molecule has 2 aromatic heterocycles. The first-order valence-corrected chi connectivity index (χ1v) is 15.8. The molecule has 0 saturated carbocycles. The molecule has 11 nitrogen and oxygen atoms in total. The van der Waals surface area contributed by atoms with E-state index in [1.807, 2.05) is 6.92 Å². The lowest BCUT2D eigenvalue weighted by molar-refractivity contribution is 0.0135. The minimum atomic E-state index is -3.90. The van der Waals surface area contributed by atoms with E-state index in [2.05, 4.69) is 9.97 Å². The lowest BCUT2D eigenvalue weighted by Crippen LogP contribution is -2.61. The summed E-state index contributed by atoms with van der Waals surface area (Å²) in [6, 6.07) is 6.63. The first-order valence-electron chi connectivity index (χ1n) is 12.9. The van der Waals surface area contributed by atoms with Gasteiger partial charge < -0.3 is 9.64 Å². The smallest absolute Gasteiger partial charge is 0.410 e. The Hall–Kier alpha value is -3.03. The second-order valence-corrected chi connectivity index (χ2v) is 15.2. The molecule has 3 aromatic rings. The average molecular weight is 576 g/mol. The van der Waals surface area contributed by atoms with Gasteiger partial charge in [-0.15, -0.1) is 0 Å². The van der Waals surface area contributed by atoms with Crippen LogP contribution in [-0.2, 0) is 24.8 Å². The zero-order valence-corrected chi connectivity index (χ0v) is 24.1. The number of hydrogen-bond donors (Lipinski definition) is 0. The molecule has 2 saturated heterocycles. The Morgan fingerprint density at radius 1 is 0.974 bits per heavy atom. The lowest BCUT2D eigenvalue weighted by atomic mass is 9.91. The molecule has 1 aromatic carbocycles. The van der Waals surface area contributed by atoms with Gasteiger partial charge in [0.05, 0.1) is 4.90 Å². The highest BCUT2D eigenvalue weighted by atomic mass is 32.2. The van der Waals surface area contributed by atoms with Crippen LogP contribution in [0.4, 0.5) is 4.79 Å². The summed E-state index contributed by atoms with van der Waals surface area (Å²) in [5.41, 5.74) is 1.80. The van der Waals surface area contributed by atoms with Gasteiger partial charge in [-0.25, -0.2) is 34.9 Å². The molecule has 5 rings (SSSR count). The number of hydrogen-bond acceptors (Lipinski definition) is 8. The van der Waals surface area contributed by atoms with Gasteiger partial charge in [-0.2, -0.15) is 0 Å². The van der Waals surface area contributed by atoms with Gasteiger partial charge in [-0.3, -0.25) is 4.98 Å². The Bertz CT molecular complexity index is 1600. The fraction of sp³-hybridized carbons (Fsp3) is 0.500. The third-order valence-electron chi connectivity index (χ3n) is 7.17. The van der Waals surface area contributed by atoms with Crippen molar-refractivity contribution in [3.63, 3.8) is 0 Å². The number of ether oxygens (including phenoxy) is 1. The standard InChI is InChI=1S/C26H33N5O6S2/c1-18-5-7-20(8-6-18)39(35,36)31-17-22(23-24(31)28-12-11-27-23)19-9-13-30(14-10-19)38(33,34)21-15-29(16-21)25(32)37-26(2,3)4/h5-8,11-12,17,19,21H,9-10,13-16H2,1-4H3. The molecule has 0 spiro atoms. The fourth-order valence-corrected chi connectivity index (χ4v) is 8.18. The largest absolute Gasteiger partial charge is 0.444 e. The van der Waals surface area contributed by atoms with E-state index in [9.17, 15) is 21.6 Å². The number of sulfonamides is 1. The molecule has 0 atom stereocenters. The highest BCUT2D eigenvalue weighted by molar-refractivity contribution is 7.90. The SMILES string of the molecule is Cc1ccc(S(=O)(=O)n2cc(C3CCN(S(=O)(=O)C4CN(C(=O)OC(C)(C)C)C4)CC3)c3nccnc32)cc1. The van der Waals surface area contributed by atoms with Gasteiger partial charge >= 0.3 is 6.09 Å². The Kier molecular flexibility index (Phi) is 6.96. The average Bonchev–Trinajstić information content (AvgIpc) is 3.23. The zero-order valence-electron chi connectivity index (χ0n) is 22.4. The maximum Gasteiger partial charge on any atom is 0.410 e. The molecule has 1 amide bonds. The molecule has 0 radical (unpaired) electrons. The van der Waals surface area contributed by atoms with Crippen molar-refractivity contribution in [3.8, 4) is 0 Å². The third kappa shape index (κ3) is 5.27. The predicted octanol–water partition coefficient (Wildman–Crippen LogP) is 3.11. The molecule has 0 aliphatic carbocycles. The van der Waals surface area contributed by atoms with Crippen LogP contribution in [0, 0.1) is 6.92 Å². The quantitative estimate of drug-likeness (QED) is 0.453. The molecule has 210 valence electrons. The minimum Gasteiger partial charge on any atom is -0.444 e. The van der Waals surface area contributed by atoms with Crippen LogP contribution in [0.15, 0.2) is 47.8 Å². The van der Waals surface area contributed by atoms with Crippen molar-refractivity contribution in [2.45, 2.75) is 62.2 Å². The van der Waals surface area contributed by atoms with Crippen LogP contribution in [0.5, 0.6) is 0 Å². The summed E-state index contributed by atoms with van der Waals surface area (Å²) in [7, 11) is -7.49. The minimum absolute atomic E-state index is 0.0789. The van der Waals surface area contributed by atoms with Gasteiger partial charge in [0.1, 0.15) is 16.4 Å². The second-order valence-electron chi connectivity index (χ2n) is 11.2. The number of carbonyl (C=O) groups excluding carboxylic acids is 1. The van der Waals surface area contributed by atoms with Gasteiger partial charge in [-0.05, 0) is 58.6 Å². The highest BCUT2D eigenvalue weighted by Gasteiger charge is 2.45. The van der Waals surface area contributed by atoms with Gasteiger partial charge in [0.2, 0.25) is 10.0 Å². The summed E-state index contributed by atoms with van der Waals surface area (Å²) >= 11 is 0. The second kappa shape index (κ2) is 9.86. The Balaban J connectivity index is 1.31. The van der Waals surface area contributed by atoms with E-state index in [0.717, 1.165) is 11.1 Å². The van der Waals surface area contributed by atoms with E-state index in [0.29, 0.717) is 31.4 Å². The third-order valence-corrected chi connectivity index (χ3v) is 11.1. The van der Waals surface area contributed by atoms with Crippen molar-refractivity contribution >= 4 is 37.3 Å². The molecular formula is C26H33N5O6S2. The number of carbonyl (C=O) groups is 1. The number of aromatic nitrogens is 3. The van der Waals surface area contributed by atoms with Gasteiger partial charge in [-0.1, -0.05) is 17.7 Å². The number of piperidine rings is 1. The first-order chi connectivity index (χ1) is 18.3. The summed E-state index contributed by atoms with van der Waals surface area (Å²) < 4.78 is 61.4. The molecule has 0 N–H and O–H groups in total. The van der Waals surface area contributed by atoms with Crippen molar-refractivity contribution in [1.29, 1.82) is 0 Å². The van der Waals surface area contributed by atoms with E-state index in [1.165, 1.54) is 25.6 Å². The molecule has 39 heavy (non-hydrogen) atoms. The van der Waals surface area contributed by atoms with E-state index in [1.54, 1.807) is 51.2 Å². The van der Waals surface area contributed by atoms with Crippen molar-refractivity contribution in [2.24, 2.45) is 0 Å². The van der Waals surface area contributed by atoms with Crippen LogP contribution < -0.4 is 0 Å². The number of rotatable bonds is 5. The lowest BCUT2D eigenvalue weighted by Gasteiger charge is -2.42. The molecule has 2 fully saturated rings. The number of benzene rings is 1. The molecule has 0 bridgehead atoms. The number of fused-ring (bicyclic) bond motifs is 1. The summed E-state index contributed by atoms with van der Waals surface area (Å²) in [6.45, 7) is 8.01. The maximum absolute atomic E-state index is 13.5. The molecular weight excluding hydrogens is 542 g/mol. The van der Waals surface area contributed by atoms with Crippen LogP contribution >= 0.6 is 0 Å². The van der Waals surface area contributed by atoms with Crippen molar-refractivity contribution in [1.82, 2.24) is 23.1 Å². The van der Waals surface area contributed by atoms with Gasteiger partial charge in [0.15, 0.2) is 5.65 Å². The van der Waals surface area contributed by atoms with Crippen LogP contribution in [0.25, 0.3) is 11.2 Å². The predicted molar refractivity (Wildman–Crippen MR) is 145 cm³/mol. The van der Waals surface area contributed by atoms with Crippen molar-refractivity contribution < 1.29 is 26.4 Å². The Labute approximate surface area is 228 Å². The van der Waals surface area contributed by atoms with E-state index >= 15 is 0 Å². The Morgan fingerprint density at radius 3 is 2.21 bits per heavy atom. The van der Waals surface area contributed by atoms with Crippen LogP contribution in [0.2, 0.25) is 0 Å². The zero-order chi connectivity index (χ0) is 28.2. The van der Waals surface area contributed by atoms with E-state index in [-0.39, 0.29) is 29.6 Å². The topological polar surface area (TPSA) is 132 Å². The molecule has 13 heteroatoms. The van der Waals surface area contributed by atoms with Gasteiger partial charge in [0.25, 0.3) is 10.0 Å². The van der Waals surface area contributed by atoms with Gasteiger partial charge in [0, 0.05) is 50.3 Å². The number of nitrogens with zero attached hydrogens (tertiary/aromatic N) is 5. The first kappa shape index (κ1) is 27.5. The van der Waals surface area contributed by atoms with E-state index < -0.39 is 37.0 Å². The van der Waals surface area contributed by atoms with Crippen molar-refractivity contribution in [3.05, 3.63) is 54.0 Å². The van der Waals surface area contributed by atoms with E-state index in [4.69, 9.17) is 4.74 Å². The summed E-state index contributed by atoms with van der Waals surface area (Å²) in [5.74, 6) is -0.0789. The number of aryl methyl sites for hydroxylation is 1. The van der Waals surface area contributed by atoms with Crippen LogP contribution in [0.1, 0.15) is 50.7 Å². The summed E-state index contributed by atoms with van der Waals surface area (Å²) in [6.07, 6.45) is 5.09. The monoisotopic (exact) mass is 575 g/mol. The normalized spacial score (nSPS) is 18.3. The molecule has 4 heterocycles. The number of amides is 1. The Morgan fingerprint density at radius 2 is 1.59 bits per heavy atom. The van der Waals surface area contributed by atoms with Crippen molar-refractivity contribution in [2.75, 3.05) is 26.2 Å².